The van der Waals surface area contributed by atoms with Gasteiger partial charge >= 0.3 is 0 Å². The molecule has 2 rings (SSSR count). The molecule has 2 nitrogen and oxygen atoms in total. The minimum atomic E-state index is -0.501. The summed E-state index contributed by atoms with van der Waals surface area (Å²) in [4.78, 5) is 12.3. The van der Waals surface area contributed by atoms with Gasteiger partial charge < -0.3 is 4.74 Å². The van der Waals surface area contributed by atoms with Crippen LogP contribution in [0.4, 0.5) is 4.39 Å². The molecular formula is C15H11Cl2FO2. The van der Waals surface area contributed by atoms with Gasteiger partial charge in [-0.1, -0.05) is 29.3 Å². The van der Waals surface area contributed by atoms with E-state index in [0.29, 0.717) is 16.3 Å². The van der Waals surface area contributed by atoms with Crippen molar-refractivity contribution < 1.29 is 13.9 Å². The van der Waals surface area contributed by atoms with Gasteiger partial charge in [-0.15, -0.1) is 0 Å². The largest absolute Gasteiger partial charge is 0.496 e. The number of benzene rings is 2. The molecule has 0 unspecified atom stereocenters. The second-order valence-electron chi connectivity index (χ2n) is 4.14. The Morgan fingerprint density at radius 2 is 2.00 bits per heavy atom. The lowest BCUT2D eigenvalue weighted by Gasteiger charge is -2.09. The van der Waals surface area contributed by atoms with Crippen LogP contribution in [0.5, 0.6) is 5.75 Å². The molecular weight excluding hydrogens is 302 g/mol. The first-order valence-corrected chi connectivity index (χ1v) is 6.58. The molecule has 0 aromatic heterocycles. The van der Waals surface area contributed by atoms with Crippen molar-refractivity contribution in [3.8, 4) is 5.75 Å². The van der Waals surface area contributed by atoms with Gasteiger partial charge in [-0.05, 0) is 30.3 Å². The number of rotatable bonds is 4. The maximum atomic E-state index is 13.7. The molecule has 0 aliphatic carbocycles. The van der Waals surface area contributed by atoms with E-state index in [-0.39, 0.29) is 22.8 Å². The number of methoxy groups -OCH3 is 1. The van der Waals surface area contributed by atoms with E-state index >= 15 is 0 Å². The number of Topliss-reactive ketones (excluding diaryl/α,β-unsaturated/α-hetero) is 1. The van der Waals surface area contributed by atoms with Crippen LogP contribution in [-0.4, -0.2) is 12.9 Å². The molecule has 0 spiro atoms. The summed E-state index contributed by atoms with van der Waals surface area (Å²) in [6.07, 6.45) is -0.135. The number of hydrogen-bond donors (Lipinski definition) is 0. The Kier molecular flexibility index (Phi) is 4.63. The van der Waals surface area contributed by atoms with Crippen LogP contribution in [-0.2, 0) is 6.42 Å². The third kappa shape index (κ3) is 3.11. The SMILES string of the molecule is COc1cc(Cl)ccc1C(=O)Cc1c(F)cccc1Cl. The molecule has 0 bridgehead atoms. The van der Waals surface area contributed by atoms with Crippen LogP contribution >= 0.6 is 23.2 Å². The maximum absolute atomic E-state index is 13.7. The van der Waals surface area contributed by atoms with E-state index in [1.807, 2.05) is 0 Å². The minimum absolute atomic E-state index is 0.135. The van der Waals surface area contributed by atoms with Gasteiger partial charge in [-0.25, -0.2) is 4.39 Å². The zero-order chi connectivity index (χ0) is 14.7. The molecule has 0 aliphatic heterocycles. The average Bonchev–Trinajstić information content (AvgIpc) is 2.42. The number of carbonyl (C=O) groups is 1. The number of carbonyl (C=O) groups excluding carboxylic acids is 1. The summed E-state index contributed by atoms with van der Waals surface area (Å²) >= 11 is 11.8. The van der Waals surface area contributed by atoms with Gasteiger partial charge in [0, 0.05) is 22.0 Å². The highest BCUT2D eigenvalue weighted by Gasteiger charge is 2.17. The van der Waals surface area contributed by atoms with E-state index < -0.39 is 5.82 Å². The Labute approximate surface area is 126 Å². The number of ether oxygens (including phenoxy) is 1. The van der Waals surface area contributed by atoms with Gasteiger partial charge in [-0.2, -0.15) is 0 Å². The van der Waals surface area contributed by atoms with Crippen molar-refractivity contribution >= 4 is 29.0 Å². The smallest absolute Gasteiger partial charge is 0.171 e. The molecule has 0 fully saturated rings. The van der Waals surface area contributed by atoms with E-state index in [1.54, 1.807) is 18.2 Å². The van der Waals surface area contributed by atoms with Gasteiger partial charge in [0.2, 0.25) is 0 Å². The van der Waals surface area contributed by atoms with Crippen molar-refractivity contribution in [2.24, 2.45) is 0 Å². The highest BCUT2D eigenvalue weighted by Crippen LogP contribution is 2.26. The van der Waals surface area contributed by atoms with Gasteiger partial charge in [-0.3, -0.25) is 4.79 Å². The molecule has 0 radical (unpaired) electrons. The predicted octanol–water partition coefficient (Wildman–Crippen LogP) is 4.57. The molecule has 20 heavy (non-hydrogen) atoms. The fraction of sp³-hybridized carbons (Fsp3) is 0.133. The van der Waals surface area contributed by atoms with Gasteiger partial charge in [0.15, 0.2) is 5.78 Å². The first-order chi connectivity index (χ1) is 9.52. The highest BCUT2D eigenvalue weighted by atomic mass is 35.5. The average molecular weight is 313 g/mol. The number of ketones is 1. The Hall–Kier alpha value is -1.58. The monoisotopic (exact) mass is 312 g/mol. The number of halogens is 3. The van der Waals surface area contributed by atoms with Gasteiger partial charge in [0.05, 0.1) is 12.7 Å². The second-order valence-corrected chi connectivity index (χ2v) is 4.99. The summed E-state index contributed by atoms with van der Waals surface area (Å²) < 4.78 is 18.8. The van der Waals surface area contributed by atoms with Crippen LogP contribution in [0.1, 0.15) is 15.9 Å². The summed E-state index contributed by atoms with van der Waals surface area (Å²) in [7, 11) is 1.44. The van der Waals surface area contributed by atoms with Crippen LogP contribution in [0.15, 0.2) is 36.4 Å². The normalized spacial score (nSPS) is 10.4. The topological polar surface area (TPSA) is 26.3 Å². The lowest BCUT2D eigenvalue weighted by Crippen LogP contribution is -2.07. The lowest BCUT2D eigenvalue weighted by atomic mass is 10.0. The molecule has 0 heterocycles. The Morgan fingerprint density at radius 1 is 1.25 bits per heavy atom. The Bertz CT molecular complexity index is 636. The molecule has 0 saturated carbocycles. The zero-order valence-corrected chi connectivity index (χ0v) is 12.1. The molecule has 0 atom stereocenters. The third-order valence-electron chi connectivity index (χ3n) is 2.86. The van der Waals surface area contributed by atoms with Crippen molar-refractivity contribution in [2.75, 3.05) is 7.11 Å². The summed E-state index contributed by atoms with van der Waals surface area (Å²) in [5, 5.41) is 0.689. The standard InChI is InChI=1S/C15H11Cl2FO2/c1-20-15-7-9(16)5-6-10(15)14(19)8-11-12(17)3-2-4-13(11)18/h2-7H,8H2,1H3. The van der Waals surface area contributed by atoms with Gasteiger partial charge in [0.25, 0.3) is 0 Å². The molecule has 0 N–H and O–H groups in total. The Morgan fingerprint density at radius 3 is 2.65 bits per heavy atom. The molecule has 5 heteroatoms. The molecule has 2 aromatic rings. The lowest BCUT2D eigenvalue weighted by molar-refractivity contribution is 0.0989. The predicted molar refractivity (Wildman–Crippen MR) is 77.4 cm³/mol. The maximum Gasteiger partial charge on any atom is 0.171 e. The van der Waals surface area contributed by atoms with Crippen molar-refractivity contribution in [3.63, 3.8) is 0 Å². The molecule has 0 saturated heterocycles. The first-order valence-electron chi connectivity index (χ1n) is 5.82. The van der Waals surface area contributed by atoms with E-state index in [9.17, 15) is 9.18 Å². The van der Waals surface area contributed by atoms with Crippen LogP contribution in [0.3, 0.4) is 0 Å². The van der Waals surface area contributed by atoms with Crippen molar-refractivity contribution in [1.29, 1.82) is 0 Å². The van der Waals surface area contributed by atoms with E-state index in [1.165, 1.54) is 25.3 Å². The van der Waals surface area contributed by atoms with Crippen molar-refractivity contribution in [2.45, 2.75) is 6.42 Å². The first kappa shape index (κ1) is 14.8. The fourth-order valence-corrected chi connectivity index (χ4v) is 2.24. The quantitative estimate of drug-likeness (QED) is 0.773. The minimum Gasteiger partial charge on any atom is -0.496 e. The summed E-state index contributed by atoms with van der Waals surface area (Å²) in [5.41, 5.74) is 0.521. The van der Waals surface area contributed by atoms with Crippen LogP contribution in [0.25, 0.3) is 0 Å². The zero-order valence-electron chi connectivity index (χ0n) is 10.6. The van der Waals surface area contributed by atoms with Crippen LogP contribution < -0.4 is 4.74 Å². The fourth-order valence-electron chi connectivity index (χ4n) is 1.85. The van der Waals surface area contributed by atoms with E-state index in [0.717, 1.165) is 0 Å². The van der Waals surface area contributed by atoms with Gasteiger partial charge in [0.1, 0.15) is 11.6 Å². The van der Waals surface area contributed by atoms with Crippen LogP contribution in [0.2, 0.25) is 10.0 Å². The highest BCUT2D eigenvalue weighted by molar-refractivity contribution is 6.32. The van der Waals surface area contributed by atoms with Crippen molar-refractivity contribution in [1.82, 2.24) is 0 Å². The van der Waals surface area contributed by atoms with Crippen molar-refractivity contribution in [3.05, 3.63) is 63.4 Å². The summed E-state index contributed by atoms with van der Waals surface area (Å²) in [5.74, 6) is -0.431. The molecule has 2 aromatic carbocycles. The van der Waals surface area contributed by atoms with Crippen LogP contribution in [0, 0.1) is 5.82 Å². The summed E-state index contributed by atoms with van der Waals surface area (Å²) in [6, 6.07) is 8.99. The molecule has 0 aliphatic rings. The Balaban J connectivity index is 2.33. The second kappa shape index (κ2) is 6.25. The third-order valence-corrected chi connectivity index (χ3v) is 3.45. The van der Waals surface area contributed by atoms with E-state index in [4.69, 9.17) is 27.9 Å². The molecule has 104 valence electrons. The van der Waals surface area contributed by atoms with E-state index in [2.05, 4.69) is 0 Å². The number of hydrogen-bond acceptors (Lipinski definition) is 2. The summed E-state index contributed by atoms with van der Waals surface area (Å²) in [6.45, 7) is 0. The molecule has 0 amide bonds.